The molecule has 0 spiro atoms. The second-order valence-electron chi connectivity index (χ2n) is 7.05. The van der Waals surface area contributed by atoms with E-state index in [1.54, 1.807) is 0 Å². The lowest BCUT2D eigenvalue weighted by Crippen LogP contribution is -2.42. The Balaban J connectivity index is 2.33. The predicted molar refractivity (Wildman–Crippen MR) is 99.3 cm³/mol. The molecule has 0 radical (unpaired) electrons. The molecule has 0 aliphatic carbocycles. The molecular weight excluding hydrogens is 300 g/mol. The van der Waals surface area contributed by atoms with Gasteiger partial charge in [0.2, 0.25) is 0 Å². The maximum absolute atomic E-state index is 12.2. The minimum absolute atomic E-state index is 0.0369. The van der Waals surface area contributed by atoms with Crippen molar-refractivity contribution in [2.45, 2.75) is 66.0 Å². The second kappa shape index (κ2) is 10.2. The molecule has 0 aliphatic rings. The molecule has 1 atom stereocenters. The molecule has 24 heavy (non-hydrogen) atoms. The zero-order chi connectivity index (χ0) is 18.1. The number of aryl methyl sites for hydroxylation is 1. The summed E-state index contributed by atoms with van der Waals surface area (Å²) < 4.78 is 0. The number of unbranched alkanes of at least 4 members (excludes halogenated alkanes) is 1. The molecule has 0 aliphatic heterocycles. The molecule has 1 amide bonds. The van der Waals surface area contributed by atoms with Gasteiger partial charge in [-0.25, -0.2) is 0 Å². The second-order valence-corrected chi connectivity index (χ2v) is 7.05. The highest BCUT2D eigenvalue weighted by Crippen LogP contribution is 2.09. The van der Waals surface area contributed by atoms with Crippen molar-refractivity contribution in [2.75, 3.05) is 6.54 Å². The van der Waals surface area contributed by atoms with Crippen molar-refractivity contribution in [1.82, 2.24) is 10.6 Å². The van der Waals surface area contributed by atoms with Crippen LogP contribution in [0.3, 0.4) is 0 Å². The quantitative estimate of drug-likeness (QED) is 0.645. The summed E-state index contributed by atoms with van der Waals surface area (Å²) in [7, 11) is 0. The third-order valence-corrected chi connectivity index (χ3v) is 3.97. The smallest absolute Gasteiger partial charge is 0.251 e. The van der Waals surface area contributed by atoms with Crippen LogP contribution in [0.15, 0.2) is 24.3 Å². The van der Waals surface area contributed by atoms with Crippen LogP contribution < -0.4 is 10.6 Å². The number of hydrogen-bond acceptors (Lipinski definition) is 3. The Morgan fingerprint density at radius 3 is 2.17 bits per heavy atom. The van der Waals surface area contributed by atoms with Gasteiger partial charge in [0.15, 0.2) is 5.78 Å². The van der Waals surface area contributed by atoms with E-state index in [9.17, 15) is 9.59 Å². The summed E-state index contributed by atoms with van der Waals surface area (Å²) in [4.78, 5) is 24.2. The molecule has 134 valence electrons. The lowest BCUT2D eigenvalue weighted by Gasteiger charge is -2.22. The lowest BCUT2D eigenvalue weighted by molar-refractivity contribution is -0.124. The first-order chi connectivity index (χ1) is 11.3. The molecule has 0 saturated heterocycles. The number of benzene rings is 1. The highest BCUT2D eigenvalue weighted by Gasteiger charge is 2.21. The first-order valence-electron chi connectivity index (χ1n) is 8.96. The van der Waals surface area contributed by atoms with E-state index in [1.165, 1.54) is 0 Å². The number of rotatable bonds is 10. The number of hydrogen-bond donors (Lipinski definition) is 2. The maximum Gasteiger partial charge on any atom is 0.251 e. The summed E-state index contributed by atoms with van der Waals surface area (Å²) in [6.45, 7) is 10.6. The van der Waals surface area contributed by atoms with E-state index in [4.69, 9.17) is 0 Å². The fraction of sp³-hybridized carbons (Fsp3) is 0.600. The van der Waals surface area contributed by atoms with Crippen LogP contribution in [-0.4, -0.2) is 30.3 Å². The summed E-state index contributed by atoms with van der Waals surface area (Å²) in [6.07, 6.45) is 2.60. The molecule has 0 bridgehead atoms. The zero-order valence-electron chi connectivity index (χ0n) is 15.7. The highest BCUT2D eigenvalue weighted by molar-refractivity contribution is 5.94. The minimum Gasteiger partial charge on any atom is -0.352 e. The van der Waals surface area contributed by atoms with Gasteiger partial charge in [-0.1, -0.05) is 45.4 Å². The summed E-state index contributed by atoms with van der Waals surface area (Å²) in [5, 5.41) is 6.30. The first-order valence-corrected chi connectivity index (χ1v) is 8.96. The topological polar surface area (TPSA) is 58.2 Å². The van der Waals surface area contributed by atoms with Gasteiger partial charge in [0.25, 0.3) is 5.91 Å². The van der Waals surface area contributed by atoms with Gasteiger partial charge in [0.05, 0.1) is 6.04 Å². The number of Topliss-reactive ketones (excluding diaryl/α,β-unsaturated/α-hetero) is 1. The van der Waals surface area contributed by atoms with Crippen LogP contribution in [0.2, 0.25) is 0 Å². The maximum atomic E-state index is 12.2. The molecule has 0 fully saturated rings. The molecule has 1 unspecified atom stereocenters. The van der Waals surface area contributed by atoms with Crippen LogP contribution in [0.25, 0.3) is 0 Å². The Hall–Kier alpha value is -1.68. The molecule has 4 nitrogen and oxygen atoms in total. The summed E-state index contributed by atoms with van der Waals surface area (Å²) in [6, 6.07) is 7.77. The van der Waals surface area contributed by atoms with Gasteiger partial charge in [-0.15, -0.1) is 0 Å². The zero-order valence-corrected chi connectivity index (χ0v) is 15.7. The van der Waals surface area contributed by atoms with Gasteiger partial charge in [0.1, 0.15) is 0 Å². The van der Waals surface area contributed by atoms with E-state index in [2.05, 4.69) is 24.5 Å². The highest BCUT2D eigenvalue weighted by atomic mass is 16.1. The van der Waals surface area contributed by atoms with Crippen molar-refractivity contribution in [1.29, 1.82) is 0 Å². The van der Waals surface area contributed by atoms with Crippen molar-refractivity contribution >= 4 is 11.7 Å². The van der Waals surface area contributed by atoms with Crippen molar-refractivity contribution in [3.8, 4) is 0 Å². The summed E-state index contributed by atoms with van der Waals surface area (Å²) >= 11 is 0. The standard InChI is InChI=1S/C20H32N2O2/c1-14(2)19(23)18(22-15(3)4)8-6-7-13-21-20(24)17-11-9-16(5)10-12-17/h9-12,14-15,18,22H,6-8,13H2,1-5H3,(H,21,24). The lowest BCUT2D eigenvalue weighted by atomic mass is 9.96. The number of amides is 1. The van der Waals surface area contributed by atoms with Crippen molar-refractivity contribution in [2.24, 2.45) is 5.92 Å². The van der Waals surface area contributed by atoms with Gasteiger partial charge in [-0.3, -0.25) is 9.59 Å². The number of nitrogens with one attached hydrogen (secondary N) is 2. The SMILES string of the molecule is Cc1ccc(C(=O)NCCCCC(NC(C)C)C(=O)C(C)C)cc1. The van der Waals surface area contributed by atoms with Crippen LogP contribution in [0, 0.1) is 12.8 Å². The summed E-state index contributed by atoms with van der Waals surface area (Å²) in [5.74, 6) is 0.278. The van der Waals surface area contributed by atoms with Gasteiger partial charge < -0.3 is 10.6 Å². The van der Waals surface area contributed by atoms with Gasteiger partial charge in [-0.2, -0.15) is 0 Å². The van der Waals surface area contributed by atoms with Gasteiger partial charge in [0, 0.05) is 24.1 Å². The largest absolute Gasteiger partial charge is 0.352 e. The summed E-state index contributed by atoms with van der Waals surface area (Å²) in [5.41, 5.74) is 1.83. The van der Waals surface area contributed by atoms with E-state index in [0.29, 0.717) is 18.2 Å². The molecule has 0 saturated carbocycles. The molecular formula is C20H32N2O2. The predicted octanol–water partition coefficient (Wildman–Crippen LogP) is 3.49. The van der Waals surface area contributed by atoms with Crippen molar-refractivity contribution < 1.29 is 9.59 Å². The van der Waals surface area contributed by atoms with Crippen LogP contribution in [0.4, 0.5) is 0 Å². The molecule has 0 heterocycles. The van der Waals surface area contributed by atoms with Crippen molar-refractivity contribution in [3.05, 3.63) is 35.4 Å². The van der Waals surface area contributed by atoms with E-state index in [-0.39, 0.29) is 23.7 Å². The third-order valence-electron chi connectivity index (χ3n) is 3.97. The Bertz CT molecular complexity index is 521. The Labute approximate surface area is 146 Å². The average molecular weight is 332 g/mol. The first kappa shape index (κ1) is 20.4. The molecule has 1 aromatic rings. The molecule has 0 aromatic heterocycles. The number of carbonyl (C=O) groups excluding carboxylic acids is 2. The number of carbonyl (C=O) groups is 2. The van der Waals surface area contributed by atoms with Crippen LogP contribution in [0.5, 0.6) is 0 Å². The third kappa shape index (κ3) is 7.26. The van der Waals surface area contributed by atoms with Gasteiger partial charge >= 0.3 is 0 Å². The van der Waals surface area contributed by atoms with E-state index in [1.807, 2.05) is 45.0 Å². The molecule has 1 rings (SSSR count). The monoisotopic (exact) mass is 332 g/mol. The van der Waals surface area contributed by atoms with Crippen LogP contribution in [0.1, 0.15) is 62.9 Å². The minimum atomic E-state index is -0.0854. The van der Waals surface area contributed by atoms with Crippen molar-refractivity contribution in [3.63, 3.8) is 0 Å². The van der Waals surface area contributed by atoms with Crippen LogP contribution in [-0.2, 0) is 4.79 Å². The fourth-order valence-corrected chi connectivity index (χ4v) is 2.59. The number of ketones is 1. The fourth-order valence-electron chi connectivity index (χ4n) is 2.59. The normalized spacial score (nSPS) is 12.5. The molecule has 1 aromatic carbocycles. The Morgan fingerprint density at radius 2 is 1.62 bits per heavy atom. The van der Waals surface area contributed by atoms with E-state index < -0.39 is 0 Å². The van der Waals surface area contributed by atoms with Crippen LogP contribution >= 0.6 is 0 Å². The Kier molecular flexibility index (Phi) is 8.69. The molecule has 4 heteroatoms. The Morgan fingerprint density at radius 1 is 1.00 bits per heavy atom. The average Bonchev–Trinajstić information content (AvgIpc) is 2.52. The van der Waals surface area contributed by atoms with Gasteiger partial charge in [-0.05, 0) is 38.3 Å². The van der Waals surface area contributed by atoms with E-state index >= 15 is 0 Å². The molecule has 2 N–H and O–H groups in total. The van der Waals surface area contributed by atoms with E-state index in [0.717, 1.165) is 24.8 Å².